The van der Waals surface area contributed by atoms with Crippen molar-refractivity contribution in [2.45, 2.75) is 6.92 Å². The van der Waals surface area contributed by atoms with E-state index in [0.717, 1.165) is 0 Å². The van der Waals surface area contributed by atoms with Crippen molar-refractivity contribution < 1.29 is 14.1 Å². The van der Waals surface area contributed by atoms with Crippen molar-refractivity contribution in [1.82, 2.24) is 5.32 Å². The number of hydrogen-bond donors (Lipinski definition) is 2. The van der Waals surface area contributed by atoms with Gasteiger partial charge in [-0.2, -0.15) is 0 Å². The number of hydrogen-bond acceptors (Lipinski definition) is 5. The lowest BCUT2D eigenvalue weighted by molar-refractivity contribution is -0.384. The van der Waals surface area contributed by atoms with Crippen LogP contribution >= 0.6 is 12.2 Å². The molecular weight excluding hydrogens is 318 g/mol. The fraction of sp³-hybridized carbons (Fsp3) is 0.0667. The summed E-state index contributed by atoms with van der Waals surface area (Å²) in [7, 11) is 0. The van der Waals surface area contributed by atoms with E-state index in [2.05, 4.69) is 10.6 Å². The van der Waals surface area contributed by atoms with Crippen molar-refractivity contribution in [3.05, 3.63) is 64.1 Å². The first-order chi connectivity index (χ1) is 11.0. The Kier molecular flexibility index (Phi) is 5.21. The minimum absolute atomic E-state index is 0.00983. The van der Waals surface area contributed by atoms with Crippen LogP contribution in [0.4, 0.5) is 11.4 Å². The summed E-state index contributed by atoms with van der Waals surface area (Å²) >= 11 is 5.04. The second kappa shape index (κ2) is 7.32. The number of rotatable bonds is 4. The third kappa shape index (κ3) is 4.75. The standard InChI is InChI=1S/C15H13N3O4S/c1-10-9-11(18(20)21)4-6-13(10)16-15(23)17-14(19)7-5-12-3-2-8-22-12/h2-9H,1H3,(H2,16,17,19,23)/b7-5+. The van der Waals surface area contributed by atoms with Crippen molar-refractivity contribution in [1.29, 1.82) is 0 Å². The van der Waals surface area contributed by atoms with Crippen LogP contribution in [0.3, 0.4) is 0 Å². The first-order valence-corrected chi connectivity index (χ1v) is 6.95. The number of nitrogens with one attached hydrogen (secondary N) is 2. The molecule has 2 N–H and O–H groups in total. The normalized spacial score (nSPS) is 10.5. The van der Waals surface area contributed by atoms with Crippen LogP contribution in [-0.4, -0.2) is 15.9 Å². The first kappa shape index (κ1) is 16.4. The van der Waals surface area contributed by atoms with E-state index in [0.29, 0.717) is 17.0 Å². The SMILES string of the molecule is Cc1cc([N+](=O)[O-])ccc1NC(=S)NC(=O)/C=C/c1ccco1. The molecule has 2 aromatic rings. The number of nitro groups is 1. The second-order valence-corrected chi connectivity index (χ2v) is 4.96. The number of non-ortho nitro benzene ring substituents is 1. The minimum Gasteiger partial charge on any atom is -0.465 e. The maximum Gasteiger partial charge on any atom is 0.269 e. The molecule has 7 nitrogen and oxygen atoms in total. The van der Waals surface area contributed by atoms with Crippen molar-refractivity contribution >= 4 is 40.7 Å². The zero-order valence-corrected chi connectivity index (χ0v) is 12.9. The maximum atomic E-state index is 11.7. The molecule has 0 bridgehead atoms. The molecule has 2 rings (SSSR count). The monoisotopic (exact) mass is 331 g/mol. The van der Waals surface area contributed by atoms with E-state index in [-0.39, 0.29) is 10.8 Å². The summed E-state index contributed by atoms with van der Waals surface area (Å²) in [6, 6.07) is 7.73. The van der Waals surface area contributed by atoms with E-state index in [4.69, 9.17) is 16.6 Å². The number of nitrogens with zero attached hydrogens (tertiary/aromatic N) is 1. The maximum absolute atomic E-state index is 11.7. The lowest BCUT2D eigenvalue weighted by Gasteiger charge is -2.10. The smallest absolute Gasteiger partial charge is 0.269 e. The Hall–Kier alpha value is -3.00. The topological polar surface area (TPSA) is 97.4 Å². The van der Waals surface area contributed by atoms with Crippen molar-refractivity contribution in [2.24, 2.45) is 0 Å². The molecule has 0 unspecified atom stereocenters. The van der Waals surface area contributed by atoms with Gasteiger partial charge < -0.3 is 9.73 Å². The lowest BCUT2D eigenvalue weighted by Crippen LogP contribution is -2.33. The highest BCUT2D eigenvalue weighted by molar-refractivity contribution is 7.80. The summed E-state index contributed by atoms with van der Waals surface area (Å²) in [6.45, 7) is 1.70. The van der Waals surface area contributed by atoms with Gasteiger partial charge >= 0.3 is 0 Å². The predicted octanol–water partition coefficient (Wildman–Crippen LogP) is 3.02. The molecule has 0 aliphatic heterocycles. The van der Waals surface area contributed by atoms with Crippen molar-refractivity contribution in [2.75, 3.05) is 5.32 Å². The van der Waals surface area contributed by atoms with Crippen LogP contribution in [0.5, 0.6) is 0 Å². The Morgan fingerprint density at radius 1 is 1.39 bits per heavy atom. The van der Waals surface area contributed by atoms with Crippen molar-refractivity contribution in [3.63, 3.8) is 0 Å². The molecule has 0 spiro atoms. The van der Waals surface area contributed by atoms with E-state index in [1.165, 1.54) is 36.6 Å². The molecule has 0 aliphatic rings. The van der Waals surface area contributed by atoms with Gasteiger partial charge in [-0.25, -0.2) is 0 Å². The Morgan fingerprint density at radius 2 is 2.17 bits per heavy atom. The van der Waals surface area contributed by atoms with Crippen molar-refractivity contribution in [3.8, 4) is 0 Å². The zero-order chi connectivity index (χ0) is 16.8. The summed E-state index contributed by atoms with van der Waals surface area (Å²) in [5.41, 5.74) is 1.21. The lowest BCUT2D eigenvalue weighted by atomic mass is 10.2. The number of aryl methyl sites for hydroxylation is 1. The van der Waals surface area contributed by atoms with Crippen LogP contribution in [0.15, 0.2) is 47.1 Å². The molecule has 0 atom stereocenters. The number of benzene rings is 1. The number of thiocarbonyl (C=S) groups is 1. The molecule has 1 aromatic carbocycles. The number of anilines is 1. The Balaban J connectivity index is 1.94. The van der Waals surface area contributed by atoms with E-state index >= 15 is 0 Å². The highest BCUT2D eigenvalue weighted by Gasteiger charge is 2.09. The van der Waals surface area contributed by atoms with Gasteiger partial charge in [-0.15, -0.1) is 0 Å². The molecule has 0 radical (unpaired) electrons. The van der Waals surface area contributed by atoms with E-state index < -0.39 is 10.8 Å². The summed E-state index contributed by atoms with van der Waals surface area (Å²) in [4.78, 5) is 21.9. The zero-order valence-electron chi connectivity index (χ0n) is 12.1. The third-order valence-electron chi connectivity index (χ3n) is 2.85. The van der Waals surface area contributed by atoms with Gasteiger partial charge in [0.1, 0.15) is 5.76 Å². The van der Waals surface area contributed by atoms with E-state index in [1.807, 2.05) is 0 Å². The number of carbonyl (C=O) groups is 1. The molecule has 0 aliphatic carbocycles. The fourth-order valence-electron chi connectivity index (χ4n) is 1.75. The number of furan rings is 1. The number of nitro benzene ring substituents is 1. The van der Waals surface area contributed by atoms with Crippen LogP contribution < -0.4 is 10.6 Å². The average Bonchev–Trinajstić information content (AvgIpc) is 3.00. The van der Waals surface area contributed by atoms with Gasteiger partial charge in [0, 0.05) is 23.9 Å². The largest absolute Gasteiger partial charge is 0.465 e. The third-order valence-corrected chi connectivity index (χ3v) is 3.05. The molecular formula is C15H13N3O4S. The molecule has 1 aromatic heterocycles. The van der Waals surface area contributed by atoms with Crippen LogP contribution in [0.25, 0.3) is 6.08 Å². The number of amides is 1. The van der Waals surface area contributed by atoms with E-state index in [1.54, 1.807) is 19.1 Å². The Morgan fingerprint density at radius 3 is 2.78 bits per heavy atom. The average molecular weight is 331 g/mol. The molecule has 118 valence electrons. The number of carbonyl (C=O) groups excluding carboxylic acids is 1. The van der Waals surface area contributed by atoms with Gasteiger partial charge in [-0.3, -0.25) is 20.2 Å². The summed E-state index contributed by atoms with van der Waals surface area (Å²) < 4.78 is 5.06. The second-order valence-electron chi connectivity index (χ2n) is 4.55. The molecule has 1 heterocycles. The van der Waals surface area contributed by atoms with Crippen LogP contribution in [0, 0.1) is 17.0 Å². The van der Waals surface area contributed by atoms with Gasteiger partial charge in [0.2, 0.25) is 5.91 Å². The highest BCUT2D eigenvalue weighted by atomic mass is 32.1. The summed E-state index contributed by atoms with van der Waals surface area (Å²) in [6.07, 6.45) is 4.30. The molecule has 1 amide bonds. The fourth-order valence-corrected chi connectivity index (χ4v) is 1.96. The quantitative estimate of drug-likeness (QED) is 0.387. The van der Waals surface area contributed by atoms with Crippen LogP contribution in [0.1, 0.15) is 11.3 Å². The van der Waals surface area contributed by atoms with Gasteiger partial charge in [0.05, 0.1) is 11.2 Å². The molecule has 8 heteroatoms. The minimum atomic E-state index is -0.476. The van der Waals surface area contributed by atoms with Crippen LogP contribution in [-0.2, 0) is 4.79 Å². The van der Waals surface area contributed by atoms with Gasteiger partial charge in [0.15, 0.2) is 5.11 Å². The molecule has 0 fully saturated rings. The summed E-state index contributed by atoms with van der Waals surface area (Å²) in [5, 5.41) is 16.1. The van der Waals surface area contributed by atoms with Gasteiger partial charge in [-0.05, 0) is 49.0 Å². The van der Waals surface area contributed by atoms with Gasteiger partial charge in [-0.1, -0.05) is 0 Å². The van der Waals surface area contributed by atoms with E-state index in [9.17, 15) is 14.9 Å². The molecule has 23 heavy (non-hydrogen) atoms. The predicted molar refractivity (Wildman–Crippen MR) is 89.9 cm³/mol. The van der Waals surface area contributed by atoms with Crippen LogP contribution in [0.2, 0.25) is 0 Å². The Bertz CT molecular complexity index is 769. The summed E-state index contributed by atoms with van der Waals surface area (Å²) in [5.74, 6) is 0.128. The van der Waals surface area contributed by atoms with Gasteiger partial charge in [0.25, 0.3) is 5.69 Å². The molecule has 0 saturated carbocycles. The highest BCUT2D eigenvalue weighted by Crippen LogP contribution is 2.20. The first-order valence-electron chi connectivity index (χ1n) is 6.54. The molecule has 0 saturated heterocycles. The Labute approximate surface area is 137 Å².